The Morgan fingerprint density at radius 2 is 1.68 bits per heavy atom. The SMILES string of the molecule is Cc1cccc(NC(c2ccccc2F)c2cc(C)sc2NC(=O)c2ccccc2)n1. The van der Waals surface area contributed by atoms with Crippen molar-refractivity contribution in [2.45, 2.75) is 19.9 Å². The van der Waals surface area contributed by atoms with E-state index < -0.39 is 6.04 Å². The third kappa shape index (κ3) is 4.81. The Morgan fingerprint density at radius 1 is 0.935 bits per heavy atom. The lowest BCUT2D eigenvalue weighted by Gasteiger charge is -2.21. The number of nitrogens with zero attached hydrogens (tertiary/aromatic N) is 1. The molecule has 1 amide bonds. The summed E-state index contributed by atoms with van der Waals surface area (Å²) < 4.78 is 14.8. The number of amides is 1. The Morgan fingerprint density at radius 3 is 2.42 bits per heavy atom. The fourth-order valence-corrected chi connectivity index (χ4v) is 4.36. The van der Waals surface area contributed by atoms with Gasteiger partial charge in [0, 0.05) is 27.3 Å². The molecule has 4 rings (SSSR count). The number of aromatic nitrogens is 1. The summed E-state index contributed by atoms with van der Waals surface area (Å²) in [4.78, 5) is 18.3. The summed E-state index contributed by atoms with van der Waals surface area (Å²) in [5.41, 5.74) is 2.70. The topological polar surface area (TPSA) is 54.0 Å². The first-order valence-corrected chi connectivity index (χ1v) is 10.7. The molecule has 0 aliphatic carbocycles. The third-order valence-electron chi connectivity index (χ3n) is 4.85. The van der Waals surface area contributed by atoms with Crippen LogP contribution in [0.4, 0.5) is 15.2 Å². The molecule has 4 nitrogen and oxygen atoms in total. The van der Waals surface area contributed by atoms with Gasteiger partial charge in [-0.3, -0.25) is 4.79 Å². The standard InChI is InChI=1S/C25H22FN3OS/c1-16-9-8-14-22(27-16)28-23(19-12-6-7-13-21(19)26)20-15-17(2)31-25(20)29-24(30)18-10-4-3-5-11-18/h3-15,23H,1-2H3,(H,27,28)(H,29,30). The molecule has 0 aliphatic heterocycles. The molecule has 156 valence electrons. The highest BCUT2D eigenvalue weighted by molar-refractivity contribution is 7.16. The molecule has 0 aliphatic rings. The van der Waals surface area contributed by atoms with Crippen molar-refractivity contribution in [2.24, 2.45) is 0 Å². The molecule has 4 aromatic rings. The maximum absolute atomic E-state index is 14.8. The molecule has 1 unspecified atom stereocenters. The molecule has 0 bridgehead atoms. The van der Waals surface area contributed by atoms with E-state index in [0.29, 0.717) is 21.9 Å². The van der Waals surface area contributed by atoms with Crippen LogP contribution in [0.1, 0.15) is 38.1 Å². The van der Waals surface area contributed by atoms with Crippen LogP contribution in [0.5, 0.6) is 0 Å². The van der Waals surface area contributed by atoms with Crippen LogP contribution in [-0.4, -0.2) is 10.9 Å². The Labute approximate surface area is 184 Å². The lowest BCUT2D eigenvalue weighted by molar-refractivity contribution is 0.102. The van der Waals surface area contributed by atoms with Gasteiger partial charge in [-0.1, -0.05) is 42.5 Å². The molecular formula is C25H22FN3OS. The van der Waals surface area contributed by atoms with E-state index in [1.165, 1.54) is 17.4 Å². The average molecular weight is 432 g/mol. The zero-order chi connectivity index (χ0) is 21.8. The highest BCUT2D eigenvalue weighted by Crippen LogP contribution is 2.38. The molecule has 1 atom stereocenters. The molecule has 2 aromatic heterocycles. The zero-order valence-electron chi connectivity index (χ0n) is 17.2. The van der Waals surface area contributed by atoms with Crippen molar-refractivity contribution < 1.29 is 9.18 Å². The van der Waals surface area contributed by atoms with Crippen LogP contribution in [0.3, 0.4) is 0 Å². The minimum atomic E-state index is -0.522. The van der Waals surface area contributed by atoms with Gasteiger partial charge in [-0.15, -0.1) is 11.3 Å². The van der Waals surface area contributed by atoms with Crippen molar-refractivity contribution >= 4 is 28.1 Å². The summed E-state index contributed by atoms with van der Waals surface area (Å²) in [7, 11) is 0. The number of anilines is 2. The van der Waals surface area contributed by atoms with Crippen LogP contribution in [0.25, 0.3) is 0 Å². The minimum absolute atomic E-state index is 0.204. The monoisotopic (exact) mass is 431 g/mol. The number of carbonyl (C=O) groups is 1. The first kappa shape index (κ1) is 20.8. The highest BCUT2D eigenvalue weighted by Gasteiger charge is 2.24. The summed E-state index contributed by atoms with van der Waals surface area (Å²) in [6.07, 6.45) is 0. The van der Waals surface area contributed by atoms with Gasteiger partial charge in [0.2, 0.25) is 0 Å². The summed E-state index contributed by atoms with van der Waals surface area (Å²) in [5.74, 6) is 0.110. The molecule has 0 spiro atoms. The molecule has 0 radical (unpaired) electrons. The Balaban J connectivity index is 1.75. The number of benzene rings is 2. The maximum atomic E-state index is 14.8. The van der Waals surface area contributed by atoms with Crippen LogP contribution in [0.15, 0.2) is 78.9 Å². The van der Waals surface area contributed by atoms with Gasteiger partial charge in [0.1, 0.15) is 16.6 Å². The second-order valence-corrected chi connectivity index (χ2v) is 8.48. The summed E-state index contributed by atoms with van der Waals surface area (Å²) >= 11 is 1.47. The summed E-state index contributed by atoms with van der Waals surface area (Å²) in [5, 5.41) is 7.06. The smallest absolute Gasteiger partial charge is 0.256 e. The average Bonchev–Trinajstić information content (AvgIpc) is 3.13. The van der Waals surface area contributed by atoms with Gasteiger partial charge < -0.3 is 10.6 Å². The summed E-state index contributed by atoms with van der Waals surface area (Å²) in [6.45, 7) is 3.87. The molecule has 6 heteroatoms. The molecule has 2 heterocycles. The third-order valence-corrected chi connectivity index (χ3v) is 5.84. The maximum Gasteiger partial charge on any atom is 0.256 e. The van der Waals surface area contributed by atoms with E-state index in [1.54, 1.807) is 30.3 Å². The lowest BCUT2D eigenvalue weighted by Crippen LogP contribution is -2.18. The van der Waals surface area contributed by atoms with Crippen molar-refractivity contribution in [3.05, 3.63) is 112 Å². The van der Waals surface area contributed by atoms with Crippen molar-refractivity contribution in [1.82, 2.24) is 4.98 Å². The molecule has 0 saturated carbocycles. The van der Waals surface area contributed by atoms with Crippen LogP contribution in [0.2, 0.25) is 0 Å². The van der Waals surface area contributed by atoms with E-state index in [9.17, 15) is 9.18 Å². The van der Waals surface area contributed by atoms with Gasteiger partial charge in [-0.05, 0) is 50.2 Å². The molecule has 2 N–H and O–H groups in total. The predicted octanol–water partition coefficient (Wildman–Crippen LogP) is 6.35. The molecule has 31 heavy (non-hydrogen) atoms. The molecule has 0 fully saturated rings. The van der Waals surface area contributed by atoms with Gasteiger partial charge in [-0.2, -0.15) is 0 Å². The zero-order valence-corrected chi connectivity index (χ0v) is 18.0. The van der Waals surface area contributed by atoms with E-state index in [1.807, 2.05) is 56.3 Å². The van der Waals surface area contributed by atoms with Crippen molar-refractivity contribution in [3.63, 3.8) is 0 Å². The fourth-order valence-electron chi connectivity index (χ4n) is 3.41. The summed E-state index contributed by atoms with van der Waals surface area (Å²) in [6, 6.07) is 22.8. The number of hydrogen-bond acceptors (Lipinski definition) is 4. The first-order chi connectivity index (χ1) is 15.0. The van der Waals surface area contributed by atoms with E-state index >= 15 is 0 Å². The van der Waals surface area contributed by atoms with E-state index in [2.05, 4.69) is 15.6 Å². The Bertz CT molecular complexity index is 1210. The number of rotatable bonds is 6. The molecule has 0 saturated heterocycles. The first-order valence-electron chi connectivity index (χ1n) is 9.92. The van der Waals surface area contributed by atoms with Gasteiger partial charge >= 0.3 is 0 Å². The number of carbonyl (C=O) groups excluding carboxylic acids is 1. The number of aryl methyl sites for hydroxylation is 2. The fraction of sp³-hybridized carbons (Fsp3) is 0.120. The Hall–Kier alpha value is -3.51. The molecular weight excluding hydrogens is 409 g/mol. The van der Waals surface area contributed by atoms with Crippen LogP contribution in [0, 0.1) is 19.7 Å². The van der Waals surface area contributed by atoms with Gasteiger partial charge in [0.05, 0.1) is 6.04 Å². The van der Waals surface area contributed by atoms with Gasteiger partial charge in [-0.25, -0.2) is 9.37 Å². The number of halogens is 1. The predicted molar refractivity (Wildman–Crippen MR) is 124 cm³/mol. The van der Waals surface area contributed by atoms with E-state index in [0.717, 1.165) is 16.1 Å². The second kappa shape index (κ2) is 9.10. The largest absolute Gasteiger partial charge is 0.359 e. The van der Waals surface area contributed by atoms with Crippen LogP contribution < -0.4 is 10.6 Å². The van der Waals surface area contributed by atoms with Crippen molar-refractivity contribution in [3.8, 4) is 0 Å². The molecule has 2 aromatic carbocycles. The number of hydrogen-bond donors (Lipinski definition) is 2. The quantitative estimate of drug-likeness (QED) is 0.374. The number of nitrogens with one attached hydrogen (secondary N) is 2. The lowest BCUT2D eigenvalue weighted by atomic mass is 9.99. The van der Waals surface area contributed by atoms with E-state index in [4.69, 9.17) is 0 Å². The Kier molecular flexibility index (Phi) is 6.09. The minimum Gasteiger partial charge on any atom is -0.359 e. The second-order valence-electron chi connectivity index (χ2n) is 7.22. The van der Waals surface area contributed by atoms with Gasteiger partial charge in [0.15, 0.2) is 0 Å². The van der Waals surface area contributed by atoms with Gasteiger partial charge in [0.25, 0.3) is 5.91 Å². The number of pyridine rings is 1. The van der Waals surface area contributed by atoms with Crippen molar-refractivity contribution in [1.29, 1.82) is 0 Å². The van der Waals surface area contributed by atoms with E-state index in [-0.39, 0.29) is 11.7 Å². The normalized spacial score (nSPS) is 11.7. The van der Waals surface area contributed by atoms with Crippen LogP contribution >= 0.6 is 11.3 Å². The number of thiophene rings is 1. The van der Waals surface area contributed by atoms with Crippen molar-refractivity contribution in [2.75, 3.05) is 10.6 Å². The van der Waals surface area contributed by atoms with Crippen LogP contribution in [-0.2, 0) is 0 Å². The highest BCUT2D eigenvalue weighted by atomic mass is 32.1.